The van der Waals surface area contributed by atoms with Crippen molar-refractivity contribution in [3.63, 3.8) is 0 Å². The van der Waals surface area contributed by atoms with Crippen molar-refractivity contribution < 1.29 is 4.79 Å². The molecule has 0 fully saturated rings. The van der Waals surface area contributed by atoms with Crippen LogP contribution < -0.4 is 10.6 Å². The molecule has 1 aromatic carbocycles. The first-order valence-corrected chi connectivity index (χ1v) is 7.52. The van der Waals surface area contributed by atoms with Crippen LogP contribution in [0, 0.1) is 13.8 Å². The monoisotopic (exact) mass is 287 g/mol. The van der Waals surface area contributed by atoms with Gasteiger partial charge in [-0.1, -0.05) is 0 Å². The van der Waals surface area contributed by atoms with Gasteiger partial charge in [-0.2, -0.15) is 0 Å². The third-order valence-electron chi connectivity index (χ3n) is 3.57. The van der Waals surface area contributed by atoms with Crippen LogP contribution in [0.3, 0.4) is 0 Å². The van der Waals surface area contributed by atoms with Crippen LogP contribution in [0.4, 0.5) is 11.4 Å². The van der Waals surface area contributed by atoms with Gasteiger partial charge in [-0.3, -0.25) is 4.79 Å². The van der Waals surface area contributed by atoms with Crippen LogP contribution in [0.15, 0.2) is 18.2 Å². The number of anilines is 2. The molecule has 5 heteroatoms. The van der Waals surface area contributed by atoms with E-state index in [0.717, 1.165) is 51.9 Å². The van der Waals surface area contributed by atoms with Crippen molar-refractivity contribution >= 4 is 28.6 Å². The third-order valence-corrected chi connectivity index (χ3v) is 4.63. The maximum absolute atomic E-state index is 12.7. The first kappa shape index (κ1) is 13.1. The molecule has 3 rings (SSSR count). The summed E-state index contributed by atoms with van der Waals surface area (Å²) in [6.45, 7) is 4.58. The number of aromatic nitrogens is 1. The molecule has 2 aromatic rings. The minimum Gasteiger partial charge on any atom is -0.399 e. The van der Waals surface area contributed by atoms with Gasteiger partial charge >= 0.3 is 0 Å². The van der Waals surface area contributed by atoms with Crippen LogP contribution in [0.2, 0.25) is 0 Å². The molecule has 0 saturated carbocycles. The normalized spacial score (nSPS) is 14.2. The summed E-state index contributed by atoms with van der Waals surface area (Å²) in [6, 6.07) is 5.78. The van der Waals surface area contributed by atoms with Gasteiger partial charge in [-0.15, -0.1) is 11.3 Å². The number of nitrogens with two attached hydrogens (primary N) is 1. The lowest BCUT2D eigenvalue weighted by atomic mass is 10.0. The van der Waals surface area contributed by atoms with E-state index in [2.05, 4.69) is 4.98 Å². The number of nitrogens with zero attached hydrogens (tertiary/aromatic N) is 2. The van der Waals surface area contributed by atoms with Gasteiger partial charge in [-0.05, 0) is 50.5 Å². The Morgan fingerprint density at radius 2 is 2.20 bits per heavy atom. The van der Waals surface area contributed by atoms with Crippen molar-refractivity contribution in [3.05, 3.63) is 39.3 Å². The lowest BCUT2D eigenvalue weighted by molar-refractivity contribution is 0.0988. The quantitative estimate of drug-likeness (QED) is 0.820. The summed E-state index contributed by atoms with van der Waals surface area (Å²) in [5, 5.41) is 0.931. The first-order chi connectivity index (χ1) is 9.56. The van der Waals surface area contributed by atoms with Crippen LogP contribution >= 0.6 is 11.3 Å². The van der Waals surface area contributed by atoms with E-state index in [-0.39, 0.29) is 5.91 Å². The number of amides is 1. The van der Waals surface area contributed by atoms with Crippen molar-refractivity contribution in [1.82, 2.24) is 4.98 Å². The van der Waals surface area contributed by atoms with Crippen LogP contribution in [-0.4, -0.2) is 17.4 Å². The number of nitrogen functional groups attached to an aromatic ring is 1. The zero-order valence-corrected chi connectivity index (χ0v) is 12.5. The van der Waals surface area contributed by atoms with Gasteiger partial charge in [0.05, 0.1) is 10.7 Å². The Kier molecular flexibility index (Phi) is 3.22. The second-order valence-electron chi connectivity index (χ2n) is 5.10. The van der Waals surface area contributed by atoms with Crippen molar-refractivity contribution in [1.29, 1.82) is 0 Å². The van der Waals surface area contributed by atoms with Gasteiger partial charge in [0.2, 0.25) is 0 Å². The zero-order chi connectivity index (χ0) is 14.3. The number of carbonyl (C=O) groups excluding carboxylic acids is 1. The van der Waals surface area contributed by atoms with Gasteiger partial charge in [0.15, 0.2) is 0 Å². The average Bonchev–Trinajstić information content (AvgIpc) is 2.76. The largest absolute Gasteiger partial charge is 0.399 e. The van der Waals surface area contributed by atoms with E-state index in [0.29, 0.717) is 0 Å². The van der Waals surface area contributed by atoms with E-state index in [1.54, 1.807) is 0 Å². The summed E-state index contributed by atoms with van der Waals surface area (Å²) in [5.41, 5.74) is 9.55. The molecule has 1 aliphatic rings. The molecule has 20 heavy (non-hydrogen) atoms. The summed E-state index contributed by atoms with van der Waals surface area (Å²) < 4.78 is 0. The fourth-order valence-electron chi connectivity index (χ4n) is 2.68. The third kappa shape index (κ3) is 2.18. The number of fused-ring (bicyclic) bond motifs is 1. The van der Waals surface area contributed by atoms with E-state index in [1.165, 1.54) is 11.3 Å². The van der Waals surface area contributed by atoms with Crippen molar-refractivity contribution in [2.75, 3.05) is 17.2 Å². The number of aryl methyl sites for hydroxylation is 3. The fourth-order valence-corrected chi connectivity index (χ4v) is 3.55. The van der Waals surface area contributed by atoms with Gasteiger partial charge in [0, 0.05) is 17.9 Å². The van der Waals surface area contributed by atoms with Crippen molar-refractivity contribution in [3.8, 4) is 0 Å². The molecule has 4 nitrogen and oxygen atoms in total. The van der Waals surface area contributed by atoms with Crippen LogP contribution in [0.5, 0.6) is 0 Å². The lowest BCUT2D eigenvalue weighted by Crippen LogP contribution is -2.35. The molecule has 0 bridgehead atoms. The summed E-state index contributed by atoms with van der Waals surface area (Å²) in [7, 11) is 0. The summed E-state index contributed by atoms with van der Waals surface area (Å²) in [6.07, 6.45) is 1.95. The van der Waals surface area contributed by atoms with Crippen molar-refractivity contribution in [2.45, 2.75) is 26.7 Å². The minimum absolute atomic E-state index is 0.0545. The maximum atomic E-state index is 12.7. The topological polar surface area (TPSA) is 59.2 Å². The van der Waals surface area contributed by atoms with Crippen LogP contribution in [0.25, 0.3) is 0 Å². The Hall–Kier alpha value is -1.88. The molecule has 0 saturated heterocycles. The number of carbonyl (C=O) groups is 1. The predicted octanol–water partition coefficient (Wildman–Crippen LogP) is 2.94. The molecule has 2 N–H and O–H groups in total. The van der Waals surface area contributed by atoms with E-state index in [1.807, 2.05) is 36.9 Å². The zero-order valence-electron chi connectivity index (χ0n) is 11.6. The minimum atomic E-state index is 0.0545. The fraction of sp³-hybridized carbons (Fsp3) is 0.333. The van der Waals surface area contributed by atoms with E-state index >= 15 is 0 Å². The Labute approximate surface area is 122 Å². The summed E-state index contributed by atoms with van der Waals surface area (Å²) in [4.78, 5) is 19.7. The molecule has 104 valence electrons. The van der Waals surface area contributed by atoms with E-state index in [9.17, 15) is 4.79 Å². The number of benzene rings is 1. The highest BCUT2D eigenvalue weighted by atomic mass is 32.1. The number of hydrogen-bond donors (Lipinski definition) is 1. The highest BCUT2D eigenvalue weighted by Crippen LogP contribution is 2.31. The van der Waals surface area contributed by atoms with E-state index in [4.69, 9.17) is 5.73 Å². The molecule has 0 aliphatic carbocycles. The number of hydrogen-bond acceptors (Lipinski definition) is 4. The van der Waals surface area contributed by atoms with Gasteiger partial charge in [-0.25, -0.2) is 4.98 Å². The molecule has 1 amide bonds. The summed E-state index contributed by atoms with van der Waals surface area (Å²) in [5.74, 6) is 0.0545. The van der Waals surface area contributed by atoms with Gasteiger partial charge in [0.1, 0.15) is 4.88 Å². The molecular weight excluding hydrogens is 270 g/mol. The molecule has 1 aliphatic heterocycles. The molecule has 0 radical (unpaired) electrons. The summed E-state index contributed by atoms with van der Waals surface area (Å²) >= 11 is 1.47. The Morgan fingerprint density at radius 3 is 2.90 bits per heavy atom. The standard InChI is InChI=1S/C15H17N3OS/c1-9-14(20-10(2)17-9)15(19)18-7-3-4-11-8-12(16)5-6-13(11)18/h5-6,8H,3-4,7,16H2,1-2H3. The predicted molar refractivity (Wildman–Crippen MR) is 82.4 cm³/mol. The van der Waals surface area contributed by atoms with Crippen molar-refractivity contribution in [2.24, 2.45) is 0 Å². The molecule has 1 aromatic heterocycles. The second kappa shape index (κ2) is 4.90. The highest BCUT2D eigenvalue weighted by Gasteiger charge is 2.26. The molecule has 0 unspecified atom stereocenters. The van der Waals surface area contributed by atoms with Gasteiger partial charge < -0.3 is 10.6 Å². The molecular formula is C15H17N3OS. The SMILES string of the molecule is Cc1nc(C)c(C(=O)N2CCCc3cc(N)ccc32)s1. The lowest BCUT2D eigenvalue weighted by Gasteiger charge is -2.29. The van der Waals surface area contributed by atoms with Gasteiger partial charge in [0.25, 0.3) is 5.91 Å². The van der Waals surface area contributed by atoms with Crippen LogP contribution in [-0.2, 0) is 6.42 Å². The Balaban J connectivity index is 2.00. The second-order valence-corrected chi connectivity index (χ2v) is 6.30. The molecule has 2 heterocycles. The maximum Gasteiger partial charge on any atom is 0.270 e. The first-order valence-electron chi connectivity index (χ1n) is 6.70. The molecule has 0 spiro atoms. The Morgan fingerprint density at radius 1 is 1.40 bits per heavy atom. The van der Waals surface area contributed by atoms with E-state index < -0.39 is 0 Å². The average molecular weight is 287 g/mol. The smallest absolute Gasteiger partial charge is 0.270 e. The number of thiazole rings is 1. The Bertz CT molecular complexity index is 678. The molecule has 0 atom stereocenters. The van der Waals surface area contributed by atoms with Crippen LogP contribution in [0.1, 0.15) is 32.4 Å². The number of rotatable bonds is 1. The highest BCUT2D eigenvalue weighted by molar-refractivity contribution is 7.13.